The number of anilines is 2. The number of carbonyl (C=O) groups excluding carboxylic acids is 2. The summed E-state index contributed by atoms with van der Waals surface area (Å²) in [6.07, 6.45) is 0.103. The molecule has 0 radical (unpaired) electrons. The maximum atomic E-state index is 13.9. The Morgan fingerprint density at radius 3 is 2.97 bits per heavy atom. The number of fused-ring (bicyclic) bond motifs is 1. The van der Waals surface area contributed by atoms with Crippen LogP contribution in [0.1, 0.15) is 6.42 Å². The van der Waals surface area contributed by atoms with Gasteiger partial charge >= 0.3 is 0 Å². The average molecular weight is 427 g/mol. The van der Waals surface area contributed by atoms with Gasteiger partial charge in [-0.1, -0.05) is 12.1 Å². The quantitative estimate of drug-likeness (QED) is 0.649. The van der Waals surface area contributed by atoms with E-state index in [2.05, 4.69) is 10.3 Å². The Bertz CT molecular complexity index is 1100. The lowest BCUT2D eigenvalue weighted by Crippen LogP contribution is -2.40. The lowest BCUT2D eigenvalue weighted by molar-refractivity contribution is -0.121. The van der Waals surface area contributed by atoms with Gasteiger partial charge in [0.05, 0.1) is 18.5 Å². The van der Waals surface area contributed by atoms with Crippen molar-refractivity contribution in [3.05, 3.63) is 53.7 Å². The number of carbonyl (C=O) groups is 2. The number of benzene rings is 2. The van der Waals surface area contributed by atoms with Crippen LogP contribution >= 0.6 is 11.3 Å². The predicted octanol–water partition coefficient (Wildman–Crippen LogP) is 3.71. The summed E-state index contributed by atoms with van der Waals surface area (Å²) in [5, 5.41) is 4.87. The standard InChI is InChI=1S/C21H18FN3O4S/c1-28-17-7-6-13(10-14(17)22)15-12-30-21(23-15)24-19(26)8-9-25-16-4-2-3-5-18(16)29-11-20(25)27/h2-7,10,12H,8-9,11H2,1H3,(H,23,24,26). The Kier molecular flexibility index (Phi) is 5.62. The van der Waals surface area contributed by atoms with Crippen LogP contribution in [0, 0.1) is 5.82 Å². The highest BCUT2D eigenvalue weighted by Crippen LogP contribution is 2.32. The number of nitrogens with one attached hydrogen (secondary N) is 1. The van der Waals surface area contributed by atoms with Gasteiger partial charge in [-0.3, -0.25) is 9.59 Å². The molecule has 0 saturated carbocycles. The van der Waals surface area contributed by atoms with Crippen LogP contribution in [0.25, 0.3) is 11.3 Å². The third-order valence-corrected chi connectivity index (χ3v) is 5.33. The average Bonchev–Trinajstić information content (AvgIpc) is 3.21. The number of halogens is 1. The highest BCUT2D eigenvalue weighted by molar-refractivity contribution is 7.14. The second kappa shape index (κ2) is 8.50. The first-order valence-corrected chi connectivity index (χ1v) is 10.0. The molecule has 9 heteroatoms. The number of para-hydroxylation sites is 2. The molecule has 2 amide bonds. The first-order valence-electron chi connectivity index (χ1n) is 9.16. The van der Waals surface area contributed by atoms with E-state index in [0.717, 1.165) is 0 Å². The zero-order valence-electron chi connectivity index (χ0n) is 16.1. The van der Waals surface area contributed by atoms with Gasteiger partial charge in [0.25, 0.3) is 5.91 Å². The van der Waals surface area contributed by atoms with Gasteiger partial charge in [-0.05, 0) is 30.3 Å². The summed E-state index contributed by atoms with van der Waals surface area (Å²) in [5.74, 6) is -0.173. The first kappa shape index (κ1) is 19.8. The fourth-order valence-corrected chi connectivity index (χ4v) is 3.82. The molecule has 154 valence electrons. The maximum absolute atomic E-state index is 13.9. The summed E-state index contributed by atoms with van der Waals surface area (Å²) < 4.78 is 24.2. The molecule has 0 spiro atoms. The van der Waals surface area contributed by atoms with Crippen LogP contribution in [0.5, 0.6) is 11.5 Å². The van der Waals surface area contributed by atoms with E-state index in [1.807, 2.05) is 12.1 Å². The van der Waals surface area contributed by atoms with Gasteiger partial charge in [-0.2, -0.15) is 0 Å². The Morgan fingerprint density at radius 2 is 2.17 bits per heavy atom. The fraction of sp³-hybridized carbons (Fsp3) is 0.190. The van der Waals surface area contributed by atoms with Crippen molar-refractivity contribution in [1.82, 2.24) is 4.98 Å². The second-order valence-corrected chi connectivity index (χ2v) is 7.35. The summed E-state index contributed by atoms with van der Waals surface area (Å²) in [5.41, 5.74) is 1.79. The van der Waals surface area contributed by atoms with Gasteiger partial charge in [0.15, 0.2) is 23.3 Å². The van der Waals surface area contributed by atoms with Gasteiger partial charge in [0, 0.05) is 23.9 Å². The Labute approximate surface area is 176 Å². The van der Waals surface area contributed by atoms with Crippen molar-refractivity contribution in [2.45, 2.75) is 6.42 Å². The van der Waals surface area contributed by atoms with E-state index >= 15 is 0 Å². The SMILES string of the molecule is COc1ccc(-c2csc(NC(=O)CCN3C(=O)COc4ccccc43)n2)cc1F. The smallest absolute Gasteiger partial charge is 0.265 e. The number of methoxy groups -OCH3 is 1. The monoisotopic (exact) mass is 427 g/mol. The number of nitrogens with zero attached hydrogens (tertiary/aromatic N) is 2. The minimum Gasteiger partial charge on any atom is -0.494 e. The Morgan fingerprint density at radius 1 is 1.33 bits per heavy atom. The van der Waals surface area contributed by atoms with E-state index in [0.29, 0.717) is 27.8 Å². The molecule has 1 aliphatic heterocycles. The minimum absolute atomic E-state index is 0.0487. The molecule has 0 bridgehead atoms. The van der Waals surface area contributed by atoms with E-state index < -0.39 is 5.82 Å². The summed E-state index contributed by atoms with van der Waals surface area (Å²) in [4.78, 5) is 30.4. The zero-order chi connectivity index (χ0) is 21.1. The Balaban J connectivity index is 1.39. The summed E-state index contributed by atoms with van der Waals surface area (Å²) >= 11 is 1.24. The van der Waals surface area contributed by atoms with Crippen LogP contribution in [0.3, 0.4) is 0 Å². The normalized spacial score (nSPS) is 12.9. The highest BCUT2D eigenvalue weighted by Gasteiger charge is 2.25. The zero-order valence-corrected chi connectivity index (χ0v) is 16.9. The molecule has 7 nitrogen and oxygen atoms in total. The van der Waals surface area contributed by atoms with Crippen molar-refractivity contribution in [1.29, 1.82) is 0 Å². The van der Waals surface area contributed by atoms with Gasteiger partial charge in [-0.25, -0.2) is 9.37 Å². The molecule has 30 heavy (non-hydrogen) atoms. The topological polar surface area (TPSA) is 80.8 Å². The van der Waals surface area contributed by atoms with Crippen LogP contribution in [0.15, 0.2) is 47.8 Å². The molecule has 1 N–H and O–H groups in total. The fourth-order valence-electron chi connectivity index (χ4n) is 3.08. The van der Waals surface area contributed by atoms with Crippen molar-refractivity contribution in [2.75, 3.05) is 30.5 Å². The minimum atomic E-state index is -0.482. The van der Waals surface area contributed by atoms with E-state index in [9.17, 15) is 14.0 Å². The van der Waals surface area contributed by atoms with E-state index in [4.69, 9.17) is 9.47 Å². The molecule has 2 aromatic carbocycles. The molecule has 0 unspecified atom stereocenters. The molecule has 0 fully saturated rings. The number of aromatic nitrogens is 1. The molecule has 0 aliphatic carbocycles. The predicted molar refractivity (Wildman–Crippen MR) is 112 cm³/mol. The molecule has 1 aromatic heterocycles. The molecule has 0 saturated heterocycles. The van der Waals surface area contributed by atoms with Crippen molar-refractivity contribution >= 4 is 34.0 Å². The third kappa shape index (κ3) is 4.11. The van der Waals surface area contributed by atoms with Crippen molar-refractivity contribution in [3.8, 4) is 22.8 Å². The number of thiazole rings is 1. The van der Waals surface area contributed by atoms with Crippen LogP contribution < -0.4 is 19.7 Å². The molecule has 4 rings (SSSR count). The second-order valence-electron chi connectivity index (χ2n) is 6.49. The van der Waals surface area contributed by atoms with Crippen LogP contribution in [0.2, 0.25) is 0 Å². The molecule has 0 atom stereocenters. The molecule has 2 heterocycles. The number of amides is 2. The van der Waals surface area contributed by atoms with Gasteiger partial charge in [0.1, 0.15) is 5.75 Å². The number of ether oxygens (including phenoxy) is 2. The number of hydrogen-bond acceptors (Lipinski definition) is 6. The summed E-state index contributed by atoms with van der Waals surface area (Å²) in [6, 6.07) is 11.8. The number of rotatable bonds is 6. The molecule has 3 aromatic rings. The maximum Gasteiger partial charge on any atom is 0.265 e. The summed E-state index contributed by atoms with van der Waals surface area (Å²) in [6.45, 7) is 0.180. The van der Waals surface area contributed by atoms with Crippen LogP contribution in [-0.4, -0.2) is 37.1 Å². The number of hydrogen-bond donors (Lipinski definition) is 1. The lowest BCUT2D eigenvalue weighted by Gasteiger charge is -2.29. The van der Waals surface area contributed by atoms with Gasteiger partial charge in [0.2, 0.25) is 5.91 Å². The molecular formula is C21H18FN3O4S. The largest absolute Gasteiger partial charge is 0.494 e. The lowest BCUT2D eigenvalue weighted by atomic mass is 10.1. The summed E-state index contributed by atoms with van der Waals surface area (Å²) in [7, 11) is 1.40. The Hall–Kier alpha value is -3.46. The van der Waals surface area contributed by atoms with Crippen LogP contribution in [0.4, 0.5) is 15.2 Å². The molecule has 1 aliphatic rings. The van der Waals surface area contributed by atoms with Crippen molar-refractivity contribution in [2.24, 2.45) is 0 Å². The first-order chi connectivity index (χ1) is 14.5. The van der Waals surface area contributed by atoms with Crippen LogP contribution in [-0.2, 0) is 9.59 Å². The van der Waals surface area contributed by atoms with E-state index in [1.54, 1.807) is 28.5 Å². The van der Waals surface area contributed by atoms with Crippen molar-refractivity contribution < 1.29 is 23.5 Å². The van der Waals surface area contributed by atoms with Gasteiger partial charge in [-0.15, -0.1) is 11.3 Å². The van der Waals surface area contributed by atoms with E-state index in [-0.39, 0.29) is 37.1 Å². The van der Waals surface area contributed by atoms with Gasteiger partial charge < -0.3 is 19.7 Å². The third-order valence-electron chi connectivity index (χ3n) is 4.57. The van der Waals surface area contributed by atoms with E-state index in [1.165, 1.54) is 30.6 Å². The molecular weight excluding hydrogens is 409 g/mol. The highest BCUT2D eigenvalue weighted by atomic mass is 32.1. The van der Waals surface area contributed by atoms with Crippen molar-refractivity contribution in [3.63, 3.8) is 0 Å².